The summed E-state index contributed by atoms with van der Waals surface area (Å²) in [6, 6.07) is 28.2. The molecule has 1 saturated heterocycles. The standard InChI is InChI=1S/C31H30ClN3O2/c1-23-7-8-25(21-29(23)32)30-15-13-28(37-30)14-16-31(36)33-26-9-11-27(12-10-26)35-19-17-34(18-20-35)22-24-5-3-2-4-6-24/h2-16,21H,17-20,22H2,1H3,(H,33,36). The molecular formula is C31H30ClN3O2. The number of rotatable bonds is 7. The summed E-state index contributed by atoms with van der Waals surface area (Å²) in [5.74, 6) is 1.10. The van der Waals surface area contributed by atoms with Crippen LogP contribution in [0.2, 0.25) is 5.02 Å². The zero-order valence-electron chi connectivity index (χ0n) is 20.9. The van der Waals surface area contributed by atoms with Gasteiger partial charge in [0.1, 0.15) is 11.5 Å². The Morgan fingerprint density at radius 3 is 2.43 bits per heavy atom. The largest absolute Gasteiger partial charge is 0.457 e. The number of carbonyl (C=O) groups is 1. The Morgan fingerprint density at radius 2 is 1.70 bits per heavy atom. The number of nitrogens with one attached hydrogen (secondary N) is 1. The maximum Gasteiger partial charge on any atom is 0.248 e. The first kappa shape index (κ1) is 24.9. The molecule has 1 N–H and O–H groups in total. The van der Waals surface area contributed by atoms with Gasteiger partial charge < -0.3 is 14.6 Å². The van der Waals surface area contributed by atoms with Crippen LogP contribution in [0.1, 0.15) is 16.9 Å². The molecule has 37 heavy (non-hydrogen) atoms. The smallest absolute Gasteiger partial charge is 0.248 e. The Labute approximate surface area is 223 Å². The maximum atomic E-state index is 12.4. The molecule has 0 bridgehead atoms. The molecule has 0 spiro atoms. The van der Waals surface area contributed by atoms with Crippen LogP contribution >= 0.6 is 11.6 Å². The van der Waals surface area contributed by atoms with Crippen LogP contribution in [0.25, 0.3) is 17.4 Å². The number of aryl methyl sites for hydroxylation is 1. The van der Waals surface area contributed by atoms with E-state index < -0.39 is 0 Å². The van der Waals surface area contributed by atoms with Crippen molar-refractivity contribution in [3.8, 4) is 11.3 Å². The molecule has 0 saturated carbocycles. The zero-order valence-corrected chi connectivity index (χ0v) is 21.6. The number of amides is 1. The molecule has 1 amide bonds. The van der Waals surface area contributed by atoms with E-state index in [1.807, 2.05) is 49.4 Å². The molecule has 0 unspecified atom stereocenters. The minimum atomic E-state index is -0.210. The van der Waals surface area contributed by atoms with Crippen molar-refractivity contribution < 1.29 is 9.21 Å². The van der Waals surface area contributed by atoms with Gasteiger partial charge in [-0.25, -0.2) is 0 Å². The highest BCUT2D eigenvalue weighted by atomic mass is 35.5. The number of hydrogen-bond donors (Lipinski definition) is 1. The minimum Gasteiger partial charge on any atom is -0.457 e. The summed E-state index contributed by atoms with van der Waals surface area (Å²) >= 11 is 6.22. The fourth-order valence-electron chi connectivity index (χ4n) is 4.45. The van der Waals surface area contributed by atoms with Gasteiger partial charge >= 0.3 is 0 Å². The Bertz CT molecular complexity index is 1370. The van der Waals surface area contributed by atoms with Gasteiger partial charge in [-0.3, -0.25) is 9.69 Å². The van der Waals surface area contributed by atoms with E-state index in [9.17, 15) is 4.79 Å². The van der Waals surface area contributed by atoms with Gasteiger partial charge in [-0.15, -0.1) is 0 Å². The number of halogens is 1. The second-order valence-corrected chi connectivity index (χ2v) is 9.69. The predicted molar refractivity (Wildman–Crippen MR) is 152 cm³/mol. The van der Waals surface area contributed by atoms with Crippen molar-refractivity contribution in [1.29, 1.82) is 0 Å². The first-order valence-corrected chi connectivity index (χ1v) is 12.9. The number of benzene rings is 3. The molecule has 0 atom stereocenters. The first-order valence-electron chi connectivity index (χ1n) is 12.5. The van der Waals surface area contributed by atoms with Gasteiger partial charge in [0.25, 0.3) is 0 Å². The molecule has 6 heteroatoms. The lowest BCUT2D eigenvalue weighted by Crippen LogP contribution is -2.45. The van der Waals surface area contributed by atoms with Crippen LogP contribution < -0.4 is 10.2 Å². The van der Waals surface area contributed by atoms with Crippen LogP contribution in [-0.4, -0.2) is 37.0 Å². The second kappa shape index (κ2) is 11.5. The van der Waals surface area contributed by atoms with E-state index in [-0.39, 0.29) is 5.91 Å². The molecule has 1 fully saturated rings. The highest BCUT2D eigenvalue weighted by Gasteiger charge is 2.17. The van der Waals surface area contributed by atoms with E-state index >= 15 is 0 Å². The van der Waals surface area contributed by atoms with E-state index in [2.05, 4.69) is 57.6 Å². The first-order chi connectivity index (χ1) is 18.0. The van der Waals surface area contributed by atoms with E-state index in [1.54, 1.807) is 6.08 Å². The topological polar surface area (TPSA) is 48.7 Å². The van der Waals surface area contributed by atoms with Crippen molar-refractivity contribution in [2.75, 3.05) is 36.4 Å². The van der Waals surface area contributed by atoms with Crippen molar-refractivity contribution in [2.45, 2.75) is 13.5 Å². The molecule has 4 aromatic rings. The lowest BCUT2D eigenvalue weighted by atomic mass is 10.1. The quantitative estimate of drug-likeness (QED) is 0.275. The number of anilines is 2. The number of piperazine rings is 1. The zero-order chi connectivity index (χ0) is 25.6. The van der Waals surface area contributed by atoms with Crippen LogP contribution in [0.15, 0.2) is 95.4 Å². The Balaban J connectivity index is 1.11. The molecule has 0 aliphatic carbocycles. The van der Waals surface area contributed by atoms with Crippen molar-refractivity contribution in [3.63, 3.8) is 0 Å². The van der Waals surface area contributed by atoms with Gasteiger partial charge in [0.05, 0.1) is 0 Å². The lowest BCUT2D eigenvalue weighted by molar-refractivity contribution is -0.111. The fourth-order valence-corrected chi connectivity index (χ4v) is 4.63. The van der Waals surface area contributed by atoms with Crippen molar-refractivity contribution in [1.82, 2.24) is 4.90 Å². The third kappa shape index (κ3) is 6.50. The third-order valence-electron chi connectivity index (χ3n) is 6.60. The van der Waals surface area contributed by atoms with Gasteiger partial charge in [0.15, 0.2) is 0 Å². The number of hydrogen-bond acceptors (Lipinski definition) is 4. The van der Waals surface area contributed by atoms with Crippen molar-refractivity contribution in [2.24, 2.45) is 0 Å². The summed E-state index contributed by atoms with van der Waals surface area (Å²) in [7, 11) is 0. The number of furan rings is 1. The highest BCUT2D eigenvalue weighted by Crippen LogP contribution is 2.27. The van der Waals surface area contributed by atoms with E-state index in [0.717, 1.165) is 49.5 Å². The summed E-state index contributed by atoms with van der Waals surface area (Å²) in [6.45, 7) is 6.99. The summed E-state index contributed by atoms with van der Waals surface area (Å²) in [4.78, 5) is 17.3. The SMILES string of the molecule is Cc1ccc(-c2ccc(C=CC(=O)Nc3ccc(N4CCN(Cc5ccccc5)CC4)cc3)o2)cc1Cl. The van der Waals surface area contributed by atoms with Gasteiger partial charge in [-0.2, -0.15) is 0 Å². The maximum absolute atomic E-state index is 12.4. The molecule has 3 aromatic carbocycles. The number of carbonyl (C=O) groups excluding carboxylic acids is 1. The summed E-state index contributed by atoms with van der Waals surface area (Å²) in [5, 5.41) is 3.61. The average molecular weight is 512 g/mol. The third-order valence-corrected chi connectivity index (χ3v) is 7.01. The van der Waals surface area contributed by atoms with Crippen molar-refractivity contribution >= 4 is 35.0 Å². The molecule has 5 nitrogen and oxygen atoms in total. The number of nitrogens with zero attached hydrogens (tertiary/aromatic N) is 2. The van der Waals surface area contributed by atoms with Crippen molar-refractivity contribution in [3.05, 3.63) is 113 Å². The molecule has 1 aliphatic rings. The van der Waals surface area contributed by atoms with Crippen LogP contribution in [0.3, 0.4) is 0 Å². The Morgan fingerprint density at radius 1 is 0.946 bits per heavy atom. The normalized spacial score (nSPS) is 14.3. The van der Waals surface area contributed by atoms with Gasteiger partial charge in [-0.1, -0.05) is 54.1 Å². The van der Waals surface area contributed by atoms with Crippen LogP contribution in [0.5, 0.6) is 0 Å². The minimum absolute atomic E-state index is 0.210. The van der Waals surface area contributed by atoms with E-state index in [1.165, 1.54) is 17.3 Å². The van der Waals surface area contributed by atoms with Crippen LogP contribution in [-0.2, 0) is 11.3 Å². The molecule has 5 rings (SSSR count). The molecule has 2 heterocycles. The summed E-state index contributed by atoms with van der Waals surface area (Å²) in [6.07, 6.45) is 3.14. The lowest BCUT2D eigenvalue weighted by Gasteiger charge is -2.36. The predicted octanol–water partition coefficient (Wildman–Crippen LogP) is 6.88. The molecular weight excluding hydrogens is 482 g/mol. The molecule has 0 radical (unpaired) electrons. The van der Waals surface area contributed by atoms with Gasteiger partial charge in [0.2, 0.25) is 5.91 Å². The second-order valence-electron chi connectivity index (χ2n) is 9.28. The average Bonchev–Trinajstić information content (AvgIpc) is 3.40. The summed E-state index contributed by atoms with van der Waals surface area (Å²) in [5.41, 5.74) is 5.21. The van der Waals surface area contributed by atoms with Crippen LogP contribution in [0, 0.1) is 6.92 Å². The summed E-state index contributed by atoms with van der Waals surface area (Å²) < 4.78 is 5.85. The Kier molecular flexibility index (Phi) is 7.73. The molecule has 1 aromatic heterocycles. The highest BCUT2D eigenvalue weighted by molar-refractivity contribution is 6.31. The van der Waals surface area contributed by atoms with Gasteiger partial charge in [-0.05, 0) is 66.6 Å². The molecule has 1 aliphatic heterocycles. The van der Waals surface area contributed by atoms with E-state index in [0.29, 0.717) is 16.5 Å². The Hall–Kier alpha value is -3.80. The monoisotopic (exact) mass is 511 g/mol. The van der Waals surface area contributed by atoms with E-state index in [4.69, 9.17) is 16.0 Å². The van der Waals surface area contributed by atoms with Gasteiger partial charge in [0, 0.05) is 60.8 Å². The van der Waals surface area contributed by atoms with Crippen LogP contribution in [0.4, 0.5) is 11.4 Å². The molecule has 188 valence electrons. The fraction of sp³-hybridized carbons (Fsp3) is 0.194.